The van der Waals surface area contributed by atoms with Gasteiger partial charge < -0.3 is 14.2 Å². The lowest BCUT2D eigenvalue weighted by Crippen LogP contribution is -2.30. The Morgan fingerprint density at radius 1 is 0.241 bits per heavy atom. The van der Waals surface area contributed by atoms with Crippen LogP contribution in [0.4, 0.5) is 0 Å². The van der Waals surface area contributed by atoms with Crippen LogP contribution < -0.4 is 0 Å². The van der Waals surface area contributed by atoms with Gasteiger partial charge in [0, 0.05) is 19.3 Å². The highest BCUT2D eigenvalue weighted by molar-refractivity contribution is 5.71. The van der Waals surface area contributed by atoms with Gasteiger partial charge in [-0.1, -0.05) is 367 Å². The molecule has 0 aromatic carbocycles. The number of ether oxygens (including phenoxy) is 3. The summed E-state index contributed by atoms with van der Waals surface area (Å²) in [6.45, 7) is 6.73. The number of esters is 3. The molecular weight excluding hydrogens is 973 g/mol. The molecule has 0 fully saturated rings. The van der Waals surface area contributed by atoms with E-state index in [1.807, 2.05) is 0 Å². The van der Waals surface area contributed by atoms with E-state index in [1.165, 1.54) is 321 Å². The van der Waals surface area contributed by atoms with Gasteiger partial charge in [-0.3, -0.25) is 14.4 Å². The lowest BCUT2D eigenvalue weighted by atomic mass is 10.0. The lowest BCUT2D eigenvalue weighted by Gasteiger charge is -2.18. The molecule has 79 heavy (non-hydrogen) atoms. The Morgan fingerprint density at radius 2 is 0.418 bits per heavy atom. The van der Waals surface area contributed by atoms with Crippen molar-refractivity contribution in [1.82, 2.24) is 0 Å². The zero-order valence-electron chi connectivity index (χ0n) is 53.9. The third-order valence-corrected chi connectivity index (χ3v) is 16.8. The summed E-state index contributed by atoms with van der Waals surface area (Å²) in [7, 11) is 0. The summed E-state index contributed by atoms with van der Waals surface area (Å²) in [6, 6.07) is 0. The van der Waals surface area contributed by atoms with Crippen LogP contribution in [0.15, 0.2) is 12.2 Å². The molecule has 0 aromatic heterocycles. The minimum absolute atomic E-state index is 0.0636. The molecule has 6 heteroatoms. The molecule has 0 heterocycles. The molecule has 0 aromatic rings. The number of rotatable bonds is 68. The van der Waals surface area contributed by atoms with Crippen molar-refractivity contribution in [2.24, 2.45) is 0 Å². The van der Waals surface area contributed by atoms with Crippen molar-refractivity contribution in [1.29, 1.82) is 0 Å². The summed E-state index contributed by atoms with van der Waals surface area (Å²) in [6.07, 6.45) is 82.4. The zero-order chi connectivity index (χ0) is 57.1. The standard InChI is InChI=1S/C73H140O6/c1-4-7-10-13-16-19-22-25-28-31-33-34-35-36-37-38-40-42-45-48-51-54-57-60-63-66-72(75)78-69-70(68-77-71(74)65-62-59-56-53-50-47-44-41-30-27-24-21-18-15-12-9-6-3)79-73(76)67-64-61-58-55-52-49-46-43-39-32-29-26-23-20-17-14-11-8-5-2/h26,29,70H,4-25,27-28,30-69H2,1-3H3/b29-26-. The second-order valence-corrected chi connectivity index (χ2v) is 24.9. The summed E-state index contributed by atoms with van der Waals surface area (Å²) in [5.41, 5.74) is 0. The van der Waals surface area contributed by atoms with E-state index in [1.54, 1.807) is 0 Å². The Kier molecular flexibility index (Phi) is 67.0. The zero-order valence-corrected chi connectivity index (χ0v) is 53.9. The Labute approximate surface area is 494 Å². The van der Waals surface area contributed by atoms with E-state index in [9.17, 15) is 14.4 Å². The first-order valence-electron chi connectivity index (χ1n) is 36.2. The van der Waals surface area contributed by atoms with Crippen LogP contribution in [0.5, 0.6) is 0 Å². The molecule has 0 amide bonds. The molecule has 0 spiro atoms. The third-order valence-electron chi connectivity index (χ3n) is 16.8. The fraction of sp³-hybridized carbons (Fsp3) is 0.932. The van der Waals surface area contributed by atoms with Crippen molar-refractivity contribution < 1.29 is 28.6 Å². The minimum atomic E-state index is -0.768. The first kappa shape index (κ1) is 77.2. The predicted octanol–water partition coefficient (Wildman–Crippen LogP) is 24.8. The quantitative estimate of drug-likeness (QED) is 0.0261. The fourth-order valence-corrected chi connectivity index (χ4v) is 11.3. The third kappa shape index (κ3) is 66.8. The van der Waals surface area contributed by atoms with Gasteiger partial charge in [0.2, 0.25) is 0 Å². The second-order valence-electron chi connectivity index (χ2n) is 24.9. The van der Waals surface area contributed by atoms with Crippen LogP contribution in [0.25, 0.3) is 0 Å². The molecule has 1 unspecified atom stereocenters. The van der Waals surface area contributed by atoms with E-state index in [2.05, 4.69) is 32.9 Å². The lowest BCUT2D eigenvalue weighted by molar-refractivity contribution is -0.167. The maximum Gasteiger partial charge on any atom is 0.306 e. The average molecular weight is 1110 g/mol. The topological polar surface area (TPSA) is 78.9 Å². The molecule has 0 aliphatic rings. The number of unbranched alkanes of at least 4 members (excludes halogenated alkanes) is 55. The van der Waals surface area contributed by atoms with Crippen LogP contribution in [0, 0.1) is 0 Å². The van der Waals surface area contributed by atoms with Gasteiger partial charge >= 0.3 is 17.9 Å². The van der Waals surface area contributed by atoms with Crippen LogP contribution in [0.2, 0.25) is 0 Å². The van der Waals surface area contributed by atoms with E-state index in [-0.39, 0.29) is 31.1 Å². The summed E-state index contributed by atoms with van der Waals surface area (Å²) in [4.78, 5) is 38.5. The molecule has 6 nitrogen and oxygen atoms in total. The molecule has 0 aliphatic heterocycles. The molecule has 0 bridgehead atoms. The van der Waals surface area contributed by atoms with Crippen molar-refractivity contribution in [3.05, 3.63) is 12.2 Å². The van der Waals surface area contributed by atoms with Gasteiger partial charge in [0.1, 0.15) is 13.2 Å². The van der Waals surface area contributed by atoms with Crippen LogP contribution in [0.1, 0.15) is 419 Å². The van der Waals surface area contributed by atoms with Gasteiger partial charge in [-0.2, -0.15) is 0 Å². The largest absolute Gasteiger partial charge is 0.462 e. The van der Waals surface area contributed by atoms with Crippen LogP contribution in [-0.2, 0) is 28.6 Å². The number of carbonyl (C=O) groups is 3. The molecule has 0 saturated carbocycles. The van der Waals surface area contributed by atoms with E-state index < -0.39 is 6.10 Å². The monoisotopic (exact) mass is 1110 g/mol. The van der Waals surface area contributed by atoms with Crippen molar-refractivity contribution in [3.8, 4) is 0 Å². The molecule has 0 N–H and O–H groups in total. The maximum atomic E-state index is 13.0. The Hall–Kier alpha value is -1.85. The molecule has 0 aliphatic carbocycles. The summed E-state index contributed by atoms with van der Waals surface area (Å²) < 4.78 is 17.0. The highest BCUT2D eigenvalue weighted by atomic mass is 16.6. The van der Waals surface area contributed by atoms with E-state index >= 15 is 0 Å². The molecule has 0 rings (SSSR count). The summed E-state index contributed by atoms with van der Waals surface area (Å²) in [5, 5.41) is 0. The fourth-order valence-electron chi connectivity index (χ4n) is 11.3. The maximum absolute atomic E-state index is 13.0. The van der Waals surface area contributed by atoms with Gasteiger partial charge in [0.25, 0.3) is 0 Å². The van der Waals surface area contributed by atoms with Crippen molar-refractivity contribution in [2.75, 3.05) is 13.2 Å². The SMILES string of the molecule is CCCCCCCC/C=C\CCCCCCCCCCCC(=O)OC(COC(=O)CCCCCCCCCCCCCCCCCCC)COC(=O)CCCCCCCCCCCCCCCCCCCCCCCCCCC. The molecule has 0 saturated heterocycles. The highest BCUT2D eigenvalue weighted by Crippen LogP contribution is 2.19. The first-order chi connectivity index (χ1) is 39.0. The Morgan fingerprint density at radius 3 is 0.633 bits per heavy atom. The van der Waals surface area contributed by atoms with Gasteiger partial charge in [-0.25, -0.2) is 0 Å². The smallest absolute Gasteiger partial charge is 0.306 e. The van der Waals surface area contributed by atoms with E-state index in [0.29, 0.717) is 19.3 Å². The van der Waals surface area contributed by atoms with Crippen molar-refractivity contribution >= 4 is 17.9 Å². The van der Waals surface area contributed by atoms with Gasteiger partial charge in [0.05, 0.1) is 0 Å². The number of allylic oxidation sites excluding steroid dienone is 2. The van der Waals surface area contributed by atoms with Gasteiger partial charge in [-0.15, -0.1) is 0 Å². The molecule has 0 radical (unpaired) electrons. The highest BCUT2D eigenvalue weighted by Gasteiger charge is 2.19. The Bertz CT molecular complexity index is 1230. The molecule has 1 atom stereocenters. The number of hydrogen-bond donors (Lipinski definition) is 0. The molecule has 468 valence electrons. The molecular formula is C73H140O6. The van der Waals surface area contributed by atoms with E-state index in [0.717, 1.165) is 57.8 Å². The summed E-state index contributed by atoms with van der Waals surface area (Å²) in [5.74, 6) is -0.827. The van der Waals surface area contributed by atoms with E-state index in [4.69, 9.17) is 14.2 Å². The normalized spacial score (nSPS) is 12.0. The van der Waals surface area contributed by atoms with Crippen LogP contribution in [-0.4, -0.2) is 37.2 Å². The van der Waals surface area contributed by atoms with Crippen molar-refractivity contribution in [3.63, 3.8) is 0 Å². The minimum Gasteiger partial charge on any atom is -0.462 e. The van der Waals surface area contributed by atoms with Crippen molar-refractivity contribution in [2.45, 2.75) is 425 Å². The number of hydrogen-bond acceptors (Lipinski definition) is 6. The van der Waals surface area contributed by atoms with Gasteiger partial charge in [0.15, 0.2) is 6.10 Å². The first-order valence-corrected chi connectivity index (χ1v) is 36.2. The average Bonchev–Trinajstić information content (AvgIpc) is 3.45. The second kappa shape index (κ2) is 68.6. The van der Waals surface area contributed by atoms with Gasteiger partial charge in [-0.05, 0) is 44.9 Å². The van der Waals surface area contributed by atoms with Crippen LogP contribution in [0.3, 0.4) is 0 Å². The summed E-state index contributed by atoms with van der Waals surface area (Å²) >= 11 is 0. The predicted molar refractivity (Wildman–Crippen MR) is 344 cm³/mol. The Balaban J connectivity index is 4.25. The van der Waals surface area contributed by atoms with Crippen LogP contribution >= 0.6 is 0 Å². The number of carbonyl (C=O) groups excluding carboxylic acids is 3.